The highest BCUT2D eigenvalue weighted by atomic mass is 79.9. The normalized spacial score (nSPS) is 11.7. The van der Waals surface area contributed by atoms with E-state index < -0.39 is 18.0 Å². The van der Waals surface area contributed by atoms with E-state index in [1.807, 2.05) is 0 Å². The fraction of sp³-hybridized carbons (Fsp3) is 0.182. The van der Waals surface area contributed by atoms with E-state index in [0.717, 1.165) is 0 Å². The number of tetrazole rings is 1. The van der Waals surface area contributed by atoms with Gasteiger partial charge in [0, 0.05) is 10.2 Å². The molecule has 2 rings (SSSR count). The Morgan fingerprint density at radius 3 is 2.76 bits per heavy atom. The van der Waals surface area contributed by atoms with Crippen LogP contribution in [0.2, 0.25) is 0 Å². The van der Waals surface area contributed by atoms with Crippen LogP contribution >= 0.6 is 15.9 Å². The Balaban J connectivity index is 2.04. The van der Waals surface area contributed by atoms with E-state index >= 15 is 0 Å². The number of H-pyrrole nitrogens is 1. The average Bonchev–Trinajstić information content (AvgIpc) is 2.91. The summed E-state index contributed by atoms with van der Waals surface area (Å²) in [5, 5.41) is 27.3. The van der Waals surface area contributed by atoms with E-state index in [1.54, 1.807) is 13.0 Å². The molecule has 1 atom stereocenters. The average molecular weight is 355 g/mol. The summed E-state index contributed by atoms with van der Waals surface area (Å²) in [5.41, 5.74) is 0.408. The molecule has 1 aromatic carbocycles. The van der Waals surface area contributed by atoms with Crippen LogP contribution in [0.25, 0.3) is 0 Å². The van der Waals surface area contributed by atoms with Crippen LogP contribution in [0.1, 0.15) is 29.1 Å². The molecule has 2 amide bonds. The van der Waals surface area contributed by atoms with Gasteiger partial charge in [-0.15, -0.1) is 10.2 Å². The SMILES string of the molecule is CC(NC(=O)Nc1cc(Br)cc(C(=O)O)c1)c1nn[nH]n1. The number of carbonyl (C=O) groups is 2. The van der Waals surface area contributed by atoms with Crippen molar-refractivity contribution in [2.24, 2.45) is 0 Å². The molecule has 0 aliphatic carbocycles. The highest BCUT2D eigenvalue weighted by molar-refractivity contribution is 9.10. The summed E-state index contributed by atoms with van der Waals surface area (Å²) >= 11 is 3.19. The lowest BCUT2D eigenvalue weighted by Crippen LogP contribution is -2.31. The van der Waals surface area contributed by atoms with Gasteiger partial charge in [0.25, 0.3) is 0 Å². The third-order valence-corrected chi connectivity index (χ3v) is 2.96. The van der Waals surface area contributed by atoms with Crippen LogP contribution in [0.5, 0.6) is 0 Å². The van der Waals surface area contributed by atoms with Crippen molar-refractivity contribution in [3.8, 4) is 0 Å². The number of carbonyl (C=O) groups excluding carboxylic acids is 1. The fourth-order valence-corrected chi connectivity index (χ4v) is 2.06. The molecule has 0 aliphatic heterocycles. The number of rotatable bonds is 4. The highest BCUT2D eigenvalue weighted by Crippen LogP contribution is 2.20. The molecule has 1 aromatic heterocycles. The van der Waals surface area contributed by atoms with Gasteiger partial charge in [0.05, 0.1) is 11.6 Å². The minimum atomic E-state index is -1.08. The van der Waals surface area contributed by atoms with E-state index in [0.29, 0.717) is 16.0 Å². The van der Waals surface area contributed by atoms with Crippen molar-refractivity contribution >= 4 is 33.6 Å². The first-order valence-corrected chi connectivity index (χ1v) is 6.60. The lowest BCUT2D eigenvalue weighted by Gasteiger charge is -2.12. The Labute approximate surface area is 127 Å². The van der Waals surface area contributed by atoms with E-state index in [9.17, 15) is 9.59 Å². The maximum atomic E-state index is 11.8. The van der Waals surface area contributed by atoms with Gasteiger partial charge in [0.2, 0.25) is 0 Å². The van der Waals surface area contributed by atoms with Crippen LogP contribution < -0.4 is 10.6 Å². The second-order valence-electron chi connectivity index (χ2n) is 4.12. The van der Waals surface area contributed by atoms with Crippen molar-refractivity contribution in [3.05, 3.63) is 34.1 Å². The van der Waals surface area contributed by atoms with E-state index in [1.165, 1.54) is 12.1 Å². The third-order valence-electron chi connectivity index (χ3n) is 2.50. The molecule has 1 unspecified atom stereocenters. The quantitative estimate of drug-likeness (QED) is 0.658. The maximum absolute atomic E-state index is 11.8. The molecule has 110 valence electrons. The standard InChI is InChI=1S/C11H11BrN6O3/c1-5(9-15-17-18-16-9)13-11(21)14-8-3-6(10(19)20)2-7(12)4-8/h2-5H,1H3,(H,19,20)(H2,13,14,21)(H,15,16,17,18). The van der Waals surface area contributed by atoms with Crippen molar-refractivity contribution in [3.63, 3.8) is 0 Å². The first-order chi connectivity index (χ1) is 9.95. The van der Waals surface area contributed by atoms with Crippen LogP contribution in [-0.4, -0.2) is 37.7 Å². The first-order valence-electron chi connectivity index (χ1n) is 5.80. The van der Waals surface area contributed by atoms with Crippen molar-refractivity contribution in [1.29, 1.82) is 0 Å². The Hall–Kier alpha value is -2.49. The van der Waals surface area contributed by atoms with Gasteiger partial charge in [-0.05, 0) is 25.1 Å². The minimum Gasteiger partial charge on any atom is -0.478 e. The van der Waals surface area contributed by atoms with Gasteiger partial charge in [0.1, 0.15) is 0 Å². The lowest BCUT2D eigenvalue weighted by atomic mass is 10.2. The van der Waals surface area contributed by atoms with Crippen molar-refractivity contribution in [2.45, 2.75) is 13.0 Å². The number of benzene rings is 1. The number of anilines is 1. The molecule has 9 nitrogen and oxygen atoms in total. The summed E-state index contributed by atoms with van der Waals surface area (Å²) < 4.78 is 0.545. The smallest absolute Gasteiger partial charge is 0.335 e. The number of aromatic carboxylic acids is 1. The van der Waals surface area contributed by atoms with E-state index in [2.05, 4.69) is 47.2 Å². The molecule has 4 N–H and O–H groups in total. The van der Waals surface area contributed by atoms with Crippen molar-refractivity contribution < 1.29 is 14.7 Å². The fourth-order valence-electron chi connectivity index (χ4n) is 1.57. The van der Waals surface area contributed by atoms with Gasteiger partial charge in [0.15, 0.2) is 5.82 Å². The molecular formula is C11H11BrN6O3. The molecule has 0 fully saturated rings. The van der Waals surface area contributed by atoms with Crippen LogP contribution in [0.15, 0.2) is 22.7 Å². The number of aromatic amines is 1. The van der Waals surface area contributed by atoms with E-state index in [-0.39, 0.29) is 5.56 Å². The molecule has 21 heavy (non-hydrogen) atoms. The maximum Gasteiger partial charge on any atom is 0.335 e. The minimum absolute atomic E-state index is 0.0610. The Morgan fingerprint density at radius 1 is 1.38 bits per heavy atom. The van der Waals surface area contributed by atoms with Crippen LogP contribution in [0, 0.1) is 0 Å². The Kier molecular flexibility index (Phi) is 4.48. The number of nitrogens with zero attached hydrogens (tertiary/aromatic N) is 3. The predicted molar refractivity (Wildman–Crippen MR) is 75.8 cm³/mol. The Bertz CT molecular complexity index is 660. The van der Waals surface area contributed by atoms with Crippen LogP contribution in [0.3, 0.4) is 0 Å². The number of halogens is 1. The number of nitrogens with one attached hydrogen (secondary N) is 3. The number of urea groups is 1. The van der Waals surface area contributed by atoms with Crippen molar-refractivity contribution in [2.75, 3.05) is 5.32 Å². The van der Waals surface area contributed by atoms with Gasteiger partial charge < -0.3 is 15.7 Å². The summed E-state index contributed by atoms with van der Waals surface area (Å²) in [6.07, 6.45) is 0. The number of aromatic nitrogens is 4. The van der Waals surface area contributed by atoms with Gasteiger partial charge in [-0.2, -0.15) is 5.21 Å². The number of hydrogen-bond donors (Lipinski definition) is 4. The topological polar surface area (TPSA) is 133 Å². The summed E-state index contributed by atoms with van der Waals surface area (Å²) in [4.78, 5) is 22.8. The molecule has 1 heterocycles. The molecule has 0 bridgehead atoms. The molecule has 0 saturated carbocycles. The second-order valence-corrected chi connectivity index (χ2v) is 5.04. The van der Waals surface area contributed by atoms with Gasteiger partial charge in [-0.25, -0.2) is 9.59 Å². The van der Waals surface area contributed by atoms with Gasteiger partial charge in [-0.1, -0.05) is 21.1 Å². The zero-order valence-corrected chi connectivity index (χ0v) is 12.4. The molecule has 2 aromatic rings. The molecule has 0 saturated heterocycles. The number of hydrogen-bond acceptors (Lipinski definition) is 5. The summed E-state index contributed by atoms with van der Waals surface area (Å²) in [6, 6.07) is 3.42. The zero-order chi connectivity index (χ0) is 15.4. The number of carboxylic acid groups (broad SMARTS) is 1. The summed E-state index contributed by atoms with van der Waals surface area (Å²) in [5.74, 6) is -0.745. The first kappa shape index (κ1) is 14.9. The van der Waals surface area contributed by atoms with Crippen LogP contribution in [-0.2, 0) is 0 Å². The van der Waals surface area contributed by atoms with Gasteiger partial charge >= 0.3 is 12.0 Å². The van der Waals surface area contributed by atoms with Crippen molar-refractivity contribution in [1.82, 2.24) is 25.9 Å². The van der Waals surface area contributed by atoms with Crippen LogP contribution in [0.4, 0.5) is 10.5 Å². The second kappa shape index (κ2) is 6.31. The molecular weight excluding hydrogens is 344 g/mol. The lowest BCUT2D eigenvalue weighted by molar-refractivity contribution is 0.0697. The highest BCUT2D eigenvalue weighted by Gasteiger charge is 2.14. The van der Waals surface area contributed by atoms with E-state index in [4.69, 9.17) is 5.11 Å². The predicted octanol–water partition coefficient (Wildman–Crippen LogP) is 1.54. The molecule has 10 heteroatoms. The summed E-state index contributed by atoms with van der Waals surface area (Å²) in [7, 11) is 0. The largest absolute Gasteiger partial charge is 0.478 e. The number of amides is 2. The Morgan fingerprint density at radius 2 is 2.14 bits per heavy atom. The number of carboxylic acids is 1. The summed E-state index contributed by atoms with van der Waals surface area (Å²) in [6.45, 7) is 1.69. The molecule has 0 spiro atoms. The monoisotopic (exact) mass is 354 g/mol. The molecule has 0 aliphatic rings. The van der Waals surface area contributed by atoms with Gasteiger partial charge in [-0.3, -0.25) is 0 Å². The molecule has 0 radical (unpaired) electrons. The zero-order valence-electron chi connectivity index (χ0n) is 10.8. The third kappa shape index (κ3) is 3.99.